The van der Waals surface area contributed by atoms with E-state index in [2.05, 4.69) is 8.44 Å². The minimum Gasteiger partial charge on any atom is -0.392 e. The lowest BCUT2D eigenvalue weighted by Gasteiger charge is -2.08. The first kappa shape index (κ1) is 8.79. The lowest BCUT2D eigenvalue weighted by molar-refractivity contribution is 0.183. The third-order valence-corrected chi connectivity index (χ3v) is 3.98. The first-order valence-corrected chi connectivity index (χ1v) is 5.87. The van der Waals surface area contributed by atoms with E-state index in [4.69, 9.17) is 5.73 Å². The van der Waals surface area contributed by atoms with Crippen LogP contribution in [0.25, 0.3) is 0 Å². The molecule has 0 aromatic rings. The summed E-state index contributed by atoms with van der Waals surface area (Å²) in [6.45, 7) is 0.721. The van der Waals surface area contributed by atoms with Crippen LogP contribution in [0, 0.1) is 5.92 Å². The zero-order valence-electron chi connectivity index (χ0n) is 5.86. The summed E-state index contributed by atoms with van der Waals surface area (Å²) in [7, 11) is 2.60. The topological polar surface area (TPSA) is 46.2 Å². The predicted molar refractivity (Wildman–Crippen MR) is 48.9 cm³/mol. The third-order valence-electron chi connectivity index (χ3n) is 2.08. The van der Waals surface area contributed by atoms with Crippen LogP contribution in [-0.2, 0) is 0 Å². The molecule has 1 saturated carbocycles. The highest BCUT2D eigenvalue weighted by Gasteiger charge is 2.31. The third kappa shape index (κ3) is 1.85. The number of nitrogens with two attached hydrogens (primary N) is 1. The van der Waals surface area contributed by atoms with Gasteiger partial charge in [-0.3, -0.25) is 0 Å². The molecule has 4 heteroatoms. The summed E-state index contributed by atoms with van der Waals surface area (Å²) in [5, 5.41) is 9.80. The van der Waals surface area contributed by atoms with Gasteiger partial charge in [0, 0.05) is 5.25 Å². The van der Waals surface area contributed by atoms with Crippen molar-refractivity contribution >= 4 is 19.8 Å². The maximum atomic E-state index is 9.40. The number of hydrogen-bond donors (Lipinski definition) is 2. The van der Waals surface area contributed by atoms with E-state index in [1.54, 1.807) is 11.4 Å². The largest absolute Gasteiger partial charge is 0.392 e. The van der Waals surface area contributed by atoms with Crippen molar-refractivity contribution in [2.75, 3.05) is 6.54 Å². The van der Waals surface area contributed by atoms with Gasteiger partial charge in [-0.15, -0.1) is 11.4 Å². The highest BCUT2D eigenvalue weighted by atomic mass is 32.7. The molecule has 1 fully saturated rings. The van der Waals surface area contributed by atoms with Crippen LogP contribution in [-0.4, -0.2) is 23.0 Å². The molecule has 0 bridgehead atoms. The summed E-state index contributed by atoms with van der Waals surface area (Å²) in [5.74, 6) is 0.549. The van der Waals surface area contributed by atoms with Gasteiger partial charge in [-0.1, -0.05) is 8.44 Å². The predicted octanol–water partition coefficient (Wildman–Crippen LogP) is 0.608. The smallest absolute Gasteiger partial charge is 0.0665 e. The molecule has 0 radical (unpaired) electrons. The Balaban J connectivity index is 2.36. The molecule has 0 spiro atoms. The zero-order chi connectivity index (χ0) is 7.56. The van der Waals surface area contributed by atoms with E-state index in [0.29, 0.717) is 11.2 Å². The summed E-state index contributed by atoms with van der Waals surface area (Å²) in [5.41, 5.74) is 5.49. The summed E-state index contributed by atoms with van der Waals surface area (Å²) in [6.07, 6.45) is 1.84. The average molecular weight is 179 g/mol. The van der Waals surface area contributed by atoms with Gasteiger partial charge in [0.15, 0.2) is 0 Å². The Labute approximate surface area is 67.9 Å². The number of aliphatic hydroxyl groups excluding tert-OH is 1. The van der Waals surface area contributed by atoms with Crippen LogP contribution in [0.15, 0.2) is 0 Å². The van der Waals surface area contributed by atoms with Crippen LogP contribution >= 0.6 is 19.8 Å². The van der Waals surface area contributed by atoms with Gasteiger partial charge in [0.2, 0.25) is 0 Å². The lowest BCUT2D eigenvalue weighted by Crippen LogP contribution is -2.13. The molecule has 1 unspecified atom stereocenters. The quantitative estimate of drug-likeness (QED) is 0.610. The van der Waals surface area contributed by atoms with Crippen molar-refractivity contribution in [3.8, 4) is 0 Å². The van der Waals surface area contributed by atoms with Crippen molar-refractivity contribution in [2.24, 2.45) is 11.7 Å². The van der Waals surface area contributed by atoms with Gasteiger partial charge in [-0.25, -0.2) is 0 Å². The summed E-state index contributed by atoms with van der Waals surface area (Å²) < 4.78 is 0. The molecule has 1 rings (SSSR count). The van der Waals surface area contributed by atoms with E-state index in [-0.39, 0.29) is 6.10 Å². The molecule has 0 aromatic carbocycles. The van der Waals surface area contributed by atoms with Crippen molar-refractivity contribution in [3.63, 3.8) is 0 Å². The highest BCUT2D eigenvalue weighted by Crippen LogP contribution is 2.36. The molecule has 1 aliphatic rings. The zero-order valence-corrected chi connectivity index (χ0v) is 7.83. The van der Waals surface area contributed by atoms with Crippen molar-refractivity contribution in [2.45, 2.75) is 24.2 Å². The van der Waals surface area contributed by atoms with E-state index in [1.807, 2.05) is 0 Å². The van der Waals surface area contributed by atoms with Crippen LogP contribution in [0.5, 0.6) is 0 Å². The van der Waals surface area contributed by atoms with Crippen LogP contribution in [0.1, 0.15) is 12.8 Å². The molecule has 0 amide bonds. The Kier molecular flexibility index (Phi) is 3.44. The Bertz CT molecular complexity index is 114. The number of rotatable bonds is 2. The maximum Gasteiger partial charge on any atom is 0.0665 e. The molecule has 2 nitrogen and oxygen atoms in total. The highest BCUT2D eigenvalue weighted by molar-refractivity contribution is 8.44. The van der Waals surface area contributed by atoms with Crippen LogP contribution in [0.4, 0.5) is 0 Å². The molecule has 10 heavy (non-hydrogen) atoms. The molecule has 0 aromatic heterocycles. The van der Waals surface area contributed by atoms with E-state index in [9.17, 15) is 5.11 Å². The Morgan fingerprint density at radius 2 is 2.30 bits per heavy atom. The van der Waals surface area contributed by atoms with E-state index in [1.165, 1.54) is 0 Å². The van der Waals surface area contributed by atoms with Gasteiger partial charge in [0.05, 0.1) is 6.10 Å². The minimum absolute atomic E-state index is 0.129. The second kappa shape index (κ2) is 3.91. The van der Waals surface area contributed by atoms with Gasteiger partial charge in [0.25, 0.3) is 0 Å². The molecule has 0 saturated heterocycles. The molecule has 60 valence electrons. The van der Waals surface area contributed by atoms with E-state index < -0.39 is 0 Å². The summed E-state index contributed by atoms with van der Waals surface area (Å²) in [4.78, 5) is 0. The van der Waals surface area contributed by atoms with Gasteiger partial charge >= 0.3 is 0 Å². The fourth-order valence-corrected chi connectivity index (χ4v) is 2.97. The van der Waals surface area contributed by atoms with Crippen LogP contribution in [0.3, 0.4) is 0 Å². The van der Waals surface area contributed by atoms with Gasteiger partial charge in [-0.2, -0.15) is 0 Å². The van der Waals surface area contributed by atoms with Gasteiger partial charge in [0.1, 0.15) is 0 Å². The van der Waals surface area contributed by atoms with Crippen molar-refractivity contribution in [3.05, 3.63) is 0 Å². The van der Waals surface area contributed by atoms with Crippen LogP contribution < -0.4 is 5.73 Å². The fourth-order valence-electron chi connectivity index (χ4n) is 1.41. The second-order valence-corrected chi connectivity index (χ2v) is 4.51. The molecule has 3 N–H and O–H groups in total. The molecule has 1 aliphatic carbocycles. The van der Waals surface area contributed by atoms with Crippen molar-refractivity contribution in [1.29, 1.82) is 0 Å². The van der Waals surface area contributed by atoms with Crippen molar-refractivity contribution < 1.29 is 5.11 Å². The molecular formula is C6H14NOPS. The number of hydrogen-bond acceptors (Lipinski definition) is 3. The first-order chi connectivity index (χ1) is 4.77. The van der Waals surface area contributed by atoms with Crippen molar-refractivity contribution in [1.82, 2.24) is 0 Å². The molecule has 0 aliphatic heterocycles. The standard InChI is InChI=1S/C6H14NOPS/c7-3-4-1-5(8)6(2-4)10-9/h4-6,8H,1-3,7,9H2/t4-,5+,6+/m1/s1. The van der Waals surface area contributed by atoms with E-state index >= 15 is 0 Å². The number of aliphatic hydroxyl groups is 1. The first-order valence-electron chi connectivity index (χ1n) is 3.51. The Morgan fingerprint density at radius 3 is 2.60 bits per heavy atom. The fraction of sp³-hybridized carbons (Fsp3) is 1.00. The van der Waals surface area contributed by atoms with Gasteiger partial charge in [-0.05, 0) is 25.3 Å². The molecule has 4 atom stereocenters. The maximum absolute atomic E-state index is 9.40. The van der Waals surface area contributed by atoms with Gasteiger partial charge < -0.3 is 10.8 Å². The van der Waals surface area contributed by atoms with E-state index in [0.717, 1.165) is 19.4 Å². The molecular weight excluding hydrogens is 165 g/mol. The summed E-state index contributed by atoms with van der Waals surface area (Å²) >= 11 is 1.67. The monoisotopic (exact) mass is 179 g/mol. The molecule has 0 heterocycles. The second-order valence-electron chi connectivity index (χ2n) is 2.82. The normalized spacial score (nSPS) is 40.5. The lowest BCUT2D eigenvalue weighted by atomic mass is 10.1. The average Bonchev–Trinajstić information content (AvgIpc) is 2.30. The van der Waals surface area contributed by atoms with Crippen LogP contribution in [0.2, 0.25) is 0 Å². The minimum atomic E-state index is -0.129. The SMILES string of the molecule is NC[C@H]1C[C@H](SP)[C@@H](O)C1. The Morgan fingerprint density at radius 1 is 1.60 bits per heavy atom. The summed E-state index contributed by atoms with van der Waals surface area (Å²) in [6, 6.07) is 0. The Hall–Kier alpha value is 0.700.